The number of thioether (sulfide) groups is 1. The fourth-order valence-electron chi connectivity index (χ4n) is 2.35. The zero-order valence-electron chi connectivity index (χ0n) is 10.6. The first-order valence-corrected chi connectivity index (χ1v) is 7.81. The van der Waals surface area contributed by atoms with Crippen molar-refractivity contribution in [1.82, 2.24) is 0 Å². The van der Waals surface area contributed by atoms with Crippen LogP contribution >= 0.6 is 11.8 Å². The van der Waals surface area contributed by atoms with E-state index in [1.807, 2.05) is 0 Å². The molecule has 0 aromatic rings. The molecule has 2 aliphatic carbocycles. The lowest BCUT2D eigenvalue weighted by Crippen LogP contribution is -2.28. The fourth-order valence-corrected chi connectivity index (χ4v) is 3.97. The van der Waals surface area contributed by atoms with Crippen molar-refractivity contribution in [1.29, 1.82) is 0 Å². The second kappa shape index (κ2) is 5.12. The highest BCUT2D eigenvalue weighted by molar-refractivity contribution is 8.00. The monoisotopic (exact) mass is 240 g/mol. The Bertz CT molecular complexity index is 255. The molecule has 2 saturated carbocycles. The van der Waals surface area contributed by atoms with Gasteiger partial charge in [0.25, 0.3) is 0 Å². The molecule has 0 unspecified atom stereocenters. The van der Waals surface area contributed by atoms with Crippen LogP contribution in [0.15, 0.2) is 0 Å². The number of hydrogen-bond acceptors (Lipinski definition) is 2. The Labute approximate surface area is 104 Å². The quantitative estimate of drug-likeness (QED) is 0.595. The maximum Gasteiger partial charge on any atom is 0.137 e. The number of hydrogen-bond donors (Lipinski definition) is 0. The molecule has 1 nitrogen and oxygen atoms in total. The summed E-state index contributed by atoms with van der Waals surface area (Å²) in [7, 11) is 0. The molecule has 16 heavy (non-hydrogen) atoms. The SMILES string of the molecule is CCCCS[C@@](C)(CC(=O)C1CC1)C1CC1. The molecule has 0 aliphatic heterocycles. The molecule has 0 radical (unpaired) electrons. The Morgan fingerprint density at radius 3 is 2.50 bits per heavy atom. The number of unbranched alkanes of at least 4 members (excludes halogenated alkanes) is 1. The maximum absolute atomic E-state index is 12.0. The van der Waals surface area contributed by atoms with Crippen LogP contribution < -0.4 is 0 Å². The minimum absolute atomic E-state index is 0.273. The molecule has 0 aromatic heterocycles. The Kier molecular flexibility index (Phi) is 3.99. The second-order valence-corrected chi connectivity index (χ2v) is 7.34. The Morgan fingerprint density at radius 1 is 1.31 bits per heavy atom. The first kappa shape index (κ1) is 12.5. The summed E-state index contributed by atoms with van der Waals surface area (Å²) in [6.45, 7) is 4.58. The van der Waals surface area contributed by atoms with E-state index >= 15 is 0 Å². The summed E-state index contributed by atoms with van der Waals surface area (Å²) in [5.74, 6) is 3.07. The van der Waals surface area contributed by atoms with Crippen molar-refractivity contribution in [3.63, 3.8) is 0 Å². The zero-order valence-corrected chi connectivity index (χ0v) is 11.4. The molecule has 2 heteroatoms. The molecule has 0 heterocycles. The number of carbonyl (C=O) groups is 1. The van der Waals surface area contributed by atoms with Gasteiger partial charge in [0, 0.05) is 17.1 Å². The van der Waals surface area contributed by atoms with Crippen molar-refractivity contribution in [2.24, 2.45) is 11.8 Å². The van der Waals surface area contributed by atoms with Crippen molar-refractivity contribution in [2.75, 3.05) is 5.75 Å². The van der Waals surface area contributed by atoms with Gasteiger partial charge in [-0.15, -0.1) is 0 Å². The molecular formula is C14H24OS. The van der Waals surface area contributed by atoms with Crippen molar-refractivity contribution in [3.8, 4) is 0 Å². The van der Waals surface area contributed by atoms with Gasteiger partial charge in [-0.25, -0.2) is 0 Å². The third-order valence-electron chi connectivity index (χ3n) is 3.93. The summed E-state index contributed by atoms with van der Waals surface area (Å²) in [6, 6.07) is 0. The molecular weight excluding hydrogens is 216 g/mol. The highest BCUT2D eigenvalue weighted by Crippen LogP contribution is 2.51. The molecule has 92 valence electrons. The van der Waals surface area contributed by atoms with Crippen LogP contribution in [0.5, 0.6) is 0 Å². The molecule has 0 aromatic carbocycles. The topological polar surface area (TPSA) is 17.1 Å². The van der Waals surface area contributed by atoms with Gasteiger partial charge in [0.15, 0.2) is 0 Å². The van der Waals surface area contributed by atoms with Gasteiger partial charge in [-0.2, -0.15) is 11.8 Å². The smallest absolute Gasteiger partial charge is 0.137 e. The fraction of sp³-hybridized carbons (Fsp3) is 0.929. The van der Waals surface area contributed by atoms with E-state index in [0.717, 1.165) is 12.3 Å². The largest absolute Gasteiger partial charge is 0.299 e. The van der Waals surface area contributed by atoms with Crippen molar-refractivity contribution in [3.05, 3.63) is 0 Å². The van der Waals surface area contributed by atoms with Crippen LogP contribution in [0.3, 0.4) is 0 Å². The molecule has 1 atom stereocenters. The van der Waals surface area contributed by atoms with Gasteiger partial charge in [0.1, 0.15) is 5.78 Å². The summed E-state index contributed by atoms with van der Waals surface area (Å²) >= 11 is 2.07. The number of carbonyl (C=O) groups excluding carboxylic acids is 1. The average molecular weight is 240 g/mol. The predicted molar refractivity (Wildman–Crippen MR) is 70.8 cm³/mol. The first-order chi connectivity index (χ1) is 7.65. The van der Waals surface area contributed by atoms with E-state index in [2.05, 4.69) is 25.6 Å². The summed E-state index contributed by atoms with van der Waals surface area (Å²) in [6.07, 6.45) is 8.45. The molecule has 0 amide bonds. The standard InChI is InChI=1S/C14H24OS/c1-3-4-9-16-14(2,12-7-8-12)10-13(15)11-5-6-11/h11-12H,3-10H2,1-2H3/t14-/m0/s1. The zero-order chi connectivity index (χ0) is 11.6. The molecule has 2 rings (SSSR count). The Balaban J connectivity index is 1.83. The number of ketones is 1. The lowest BCUT2D eigenvalue weighted by atomic mass is 9.96. The minimum atomic E-state index is 0.273. The van der Waals surface area contributed by atoms with Crippen molar-refractivity contribution in [2.45, 2.75) is 63.5 Å². The molecule has 0 bridgehead atoms. The predicted octanol–water partition coefficient (Wildman–Crippen LogP) is 4.06. The van der Waals surface area contributed by atoms with Crippen LogP contribution in [0.2, 0.25) is 0 Å². The highest BCUT2D eigenvalue weighted by atomic mass is 32.2. The Morgan fingerprint density at radius 2 is 2.00 bits per heavy atom. The van der Waals surface area contributed by atoms with Crippen LogP contribution in [0.1, 0.15) is 58.8 Å². The molecule has 0 N–H and O–H groups in total. The van der Waals surface area contributed by atoms with E-state index < -0.39 is 0 Å². The minimum Gasteiger partial charge on any atom is -0.299 e. The maximum atomic E-state index is 12.0. The van der Waals surface area contributed by atoms with Gasteiger partial charge in [-0.1, -0.05) is 13.3 Å². The van der Waals surface area contributed by atoms with E-state index in [0.29, 0.717) is 11.7 Å². The third kappa shape index (κ3) is 3.26. The highest BCUT2D eigenvalue weighted by Gasteiger charge is 2.45. The normalized spacial score (nSPS) is 24.1. The lowest BCUT2D eigenvalue weighted by Gasteiger charge is -2.28. The molecule has 2 aliphatic rings. The molecule has 0 spiro atoms. The summed E-state index contributed by atoms with van der Waals surface area (Å²) in [5, 5.41) is 0. The van der Waals surface area contributed by atoms with Gasteiger partial charge in [0.2, 0.25) is 0 Å². The van der Waals surface area contributed by atoms with Gasteiger partial charge in [-0.05, 0) is 50.7 Å². The average Bonchev–Trinajstić information content (AvgIpc) is 3.07. The molecule has 2 fully saturated rings. The van der Waals surface area contributed by atoms with E-state index in [-0.39, 0.29) is 4.75 Å². The van der Waals surface area contributed by atoms with Crippen LogP contribution in [-0.4, -0.2) is 16.3 Å². The van der Waals surface area contributed by atoms with Gasteiger partial charge >= 0.3 is 0 Å². The van der Waals surface area contributed by atoms with Crippen LogP contribution in [-0.2, 0) is 4.79 Å². The lowest BCUT2D eigenvalue weighted by molar-refractivity contribution is -0.120. The van der Waals surface area contributed by atoms with Crippen LogP contribution in [0.4, 0.5) is 0 Å². The summed E-state index contributed by atoms with van der Waals surface area (Å²) < 4.78 is 0.273. The van der Waals surface area contributed by atoms with Crippen LogP contribution in [0.25, 0.3) is 0 Å². The number of rotatable bonds is 8. The summed E-state index contributed by atoms with van der Waals surface area (Å²) in [5.41, 5.74) is 0. The van der Waals surface area contributed by atoms with E-state index in [4.69, 9.17) is 0 Å². The molecule has 0 saturated heterocycles. The van der Waals surface area contributed by atoms with Gasteiger partial charge < -0.3 is 0 Å². The van der Waals surface area contributed by atoms with Crippen LogP contribution in [0, 0.1) is 11.8 Å². The van der Waals surface area contributed by atoms with E-state index in [1.54, 1.807) is 0 Å². The van der Waals surface area contributed by atoms with Crippen molar-refractivity contribution >= 4 is 17.5 Å². The summed E-state index contributed by atoms with van der Waals surface area (Å²) in [4.78, 5) is 12.0. The van der Waals surface area contributed by atoms with Gasteiger partial charge in [0.05, 0.1) is 0 Å². The number of Topliss-reactive ketones (excluding diaryl/α,β-unsaturated/α-hetero) is 1. The third-order valence-corrected chi connectivity index (χ3v) is 5.56. The van der Waals surface area contributed by atoms with E-state index in [1.165, 1.54) is 44.3 Å². The van der Waals surface area contributed by atoms with Crippen molar-refractivity contribution < 1.29 is 4.79 Å². The van der Waals surface area contributed by atoms with E-state index in [9.17, 15) is 4.79 Å². The first-order valence-electron chi connectivity index (χ1n) is 6.82. The van der Waals surface area contributed by atoms with Gasteiger partial charge in [-0.3, -0.25) is 4.79 Å². The second-order valence-electron chi connectivity index (χ2n) is 5.71. The Hall–Kier alpha value is 0.0200.